The normalized spacial score (nSPS) is 18.8. The van der Waals surface area contributed by atoms with Crippen molar-refractivity contribution >= 4 is 41.7 Å². The second-order valence-electron chi connectivity index (χ2n) is 5.02. The van der Waals surface area contributed by atoms with Crippen molar-refractivity contribution in [3.05, 3.63) is 29.6 Å². The first kappa shape index (κ1) is 18.5. The average molecular weight is 420 g/mol. The van der Waals surface area contributed by atoms with Gasteiger partial charge >= 0.3 is 0 Å². The summed E-state index contributed by atoms with van der Waals surface area (Å²) in [4.78, 5) is 9.05. The van der Waals surface area contributed by atoms with Gasteiger partial charge in [-0.15, -0.1) is 24.0 Å². The summed E-state index contributed by atoms with van der Waals surface area (Å²) in [5.41, 5.74) is 2.24. The fourth-order valence-electron chi connectivity index (χ4n) is 2.21. The molecule has 4 nitrogen and oxygen atoms in total. The summed E-state index contributed by atoms with van der Waals surface area (Å²) in [7, 11) is 0. The molecule has 21 heavy (non-hydrogen) atoms. The summed E-state index contributed by atoms with van der Waals surface area (Å²) in [5.74, 6) is 3.37. The van der Waals surface area contributed by atoms with E-state index >= 15 is 0 Å². The van der Waals surface area contributed by atoms with Crippen LogP contribution in [0, 0.1) is 6.92 Å². The molecule has 1 aliphatic heterocycles. The molecule has 0 radical (unpaired) electrons. The Morgan fingerprint density at radius 3 is 3.05 bits per heavy atom. The monoisotopic (exact) mass is 420 g/mol. The maximum atomic E-state index is 4.66. The SMILES string of the molecule is CCNC(=NCc1ncccc1C)NC1CCCSC1.I. The van der Waals surface area contributed by atoms with Crippen LogP contribution in [-0.4, -0.2) is 35.0 Å². The lowest BCUT2D eigenvalue weighted by Gasteiger charge is -2.24. The summed E-state index contributed by atoms with van der Waals surface area (Å²) >= 11 is 2.02. The van der Waals surface area contributed by atoms with Gasteiger partial charge in [0.2, 0.25) is 0 Å². The van der Waals surface area contributed by atoms with Crippen molar-refractivity contribution in [3.63, 3.8) is 0 Å². The van der Waals surface area contributed by atoms with Crippen molar-refractivity contribution in [3.8, 4) is 0 Å². The number of hydrogen-bond acceptors (Lipinski definition) is 3. The topological polar surface area (TPSA) is 49.3 Å². The highest BCUT2D eigenvalue weighted by atomic mass is 127. The molecule has 1 aliphatic rings. The molecule has 1 aromatic heterocycles. The third kappa shape index (κ3) is 6.42. The molecule has 1 fully saturated rings. The number of rotatable bonds is 4. The fraction of sp³-hybridized carbons (Fsp3) is 0.600. The Morgan fingerprint density at radius 1 is 1.52 bits per heavy atom. The van der Waals surface area contributed by atoms with E-state index in [-0.39, 0.29) is 24.0 Å². The molecule has 6 heteroatoms. The van der Waals surface area contributed by atoms with Crippen molar-refractivity contribution in [1.82, 2.24) is 15.6 Å². The highest BCUT2D eigenvalue weighted by molar-refractivity contribution is 14.0. The van der Waals surface area contributed by atoms with E-state index in [4.69, 9.17) is 0 Å². The van der Waals surface area contributed by atoms with Crippen LogP contribution in [0.25, 0.3) is 0 Å². The van der Waals surface area contributed by atoms with Gasteiger partial charge < -0.3 is 10.6 Å². The first-order valence-corrected chi connectivity index (χ1v) is 8.48. The highest BCUT2D eigenvalue weighted by Gasteiger charge is 2.14. The molecule has 0 aromatic carbocycles. The van der Waals surface area contributed by atoms with Crippen LogP contribution in [0.2, 0.25) is 0 Å². The lowest BCUT2D eigenvalue weighted by atomic mass is 10.2. The molecule has 1 aromatic rings. The maximum Gasteiger partial charge on any atom is 0.191 e. The Labute approximate surface area is 149 Å². The van der Waals surface area contributed by atoms with Crippen LogP contribution in [0.3, 0.4) is 0 Å². The van der Waals surface area contributed by atoms with Crippen LogP contribution >= 0.6 is 35.7 Å². The van der Waals surface area contributed by atoms with Gasteiger partial charge in [0, 0.05) is 24.5 Å². The van der Waals surface area contributed by atoms with Crippen molar-refractivity contribution in [1.29, 1.82) is 0 Å². The molecule has 2 N–H and O–H groups in total. The Bertz CT molecular complexity index is 447. The minimum Gasteiger partial charge on any atom is -0.357 e. The quantitative estimate of drug-likeness (QED) is 0.447. The molecular weight excluding hydrogens is 395 g/mol. The lowest BCUT2D eigenvalue weighted by molar-refractivity contribution is 0.582. The largest absolute Gasteiger partial charge is 0.357 e. The highest BCUT2D eigenvalue weighted by Crippen LogP contribution is 2.16. The zero-order valence-corrected chi connectivity index (χ0v) is 15.9. The summed E-state index contributed by atoms with van der Waals surface area (Å²) in [5, 5.41) is 6.86. The van der Waals surface area contributed by atoms with Crippen LogP contribution < -0.4 is 10.6 Å². The summed E-state index contributed by atoms with van der Waals surface area (Å²) < 4.78 is 0. The third-order valence-electron chi connectivity index (χ3n) is 3.35. The van der Waals surface area contributed by atoms with Gasteiger partial charge in [0.05, 0.1) is 12.2 Å². The first-order chi connectivity index (χ1) is 9.79. The number of halogens is 1. The Hall–Kier alpha value is -0.500. The van der Waals surface area contributed by atoms with Crippen molar-refractivity contribution < 1.29 is 0 Å². The molecule has 1 saturated heterocycles. The molecule has 0 saturated carbocycles. The average Bonchev–Trinajstić information content (AvgIpc) is 2.47. The second-order valence-corrected chi connectivity index (χ2v) is 6.17. The van der Waals surface area contributed by atoms with Gasteiger partial charge in [0.15, 0.2) is 5.96 Å². The molecule has 1 unspecified atom stereocenters. The number of pyridine rings is 1. The van der Waals surface area contributed by atoms with E-state index in [0.29, 0.717) is 12.6 Å². The van der Waals surface area contributed by atoms with Crippen LogP contribution in [0.15, 0.2) is 23.3 Å². The smallest absolute Gasteiger partial charge is 0.191 e. The Balaban J connectivity index is 0.00000220. The summed E-state index contributed by atoms with van der Waals surface area (Å²) in [6, 6.07) is 4.58. The van der Waals surface area contributed by atoms with Crippen LogP contribution in [0.1, 0.15) is 31.0 Å². The fourth-order valence-corrected chi connectivity index (χ4v) is 3.28. The number of aryl methyl sites for hydroxylation is 1. The molecule has 0 spiro atoms. The van der Waals surface area contributed by atoms with Crippen molar-refractivity contribution in [2.75, 3.05) is 18.1 Å². The van der Waals surface area contributed by atoms with Crippen LogP contribution in [0.4, 0.5) is 0 Å². The van der Waals surface area contributed by atoms with E-state index in [1.807, 2.05) is 24.0 Å². The van der Waals surface area contributed by atoms with E-state index in [0.717, 1.165) is 18.2 Å². The summed E-state index contributed by atoms with van der Waals surface area (Å²) in [6.45, 7) is 5.68. The standard InChI is InChI=1S/C15H24N4S.HI/c1-3-16-15(19-13-7-5-9-20-11-13)18-10-14-12(2)6-4-8-17-14;/h4,6,8,13H,3,5,7,9-11H2,1-2H3,(H2,16,18,19);1H. The van der Waals surface area contributed by atoms with Gasteiger partial charge in [0.25, 0.3) is 0 Å². The van der Waals surface area contributed by atoms with E-state index in [1.165, 1.54) is 29.9 Å². The minimum atomic E-state index is 0. The predicted molar refractivity (Wildman–Crippen MR) is 103 cm³/mol. The molecule has 1 atom stereocenters. The zero-order valence-electron chi connectivity index (χ0n) is 12.8. The van der Waals surface area contributed by atoms with E-state index < -0.39 is 0 Å². The molecular formula is C15H25IN4S. The molecule has 118 valence electrons. The number of nitrogens with zero attached hydrogens (tertiary/aromatic N) is 2. The number of hydrogen-bond donors (Lipinski definition) is 2. The lowest BCUT2D eigenvalue weighted by Crippen LogP contribution is -2.45. The number of guanidine groups is 1. The summed E-state index contributed by atoms with van der Waals surface area (Å²) in [6.07, 6.45) is 4.36. The number of aromatic nitrogens is 1. The molecule has 0 amide bonds. The van der Waals surface area contributed by atoms with Crippen LogP contribution in [-0.2, 0) is 6.54 Å². The van der Waals surface area contributed by atoms with Crippen LogP contribution in [0.5, 0.6) is 0 Å². The number of aliphatic imine (C=N–C) groups is 1. The molecule has 0 aliphatic carbocycles. The predicted octanol–water partition coefficient (Wildman–Crippen LogP) is 2.96. The van der Waals surface area contributed by atoms with E-state index in [9.17, 15) is 0 Å². The second kappa shape index (κ2) is 10.3. The van der Waals surface area contributed by atoms with E-state index in [2.05, 4.69) is 40.5 Å². The molecule has 2 heterocycles. The van der Waals surface area contributed by atoms with Gasteiger partial charge in [-0.2, -0.15) is 11.8 Å². The van der Waals surface area contributed by atoms with Gasteiger partial charge in [-0.1, -0.05) is 6.07 Å². The Kier molecular flexibility index (Phi) is 9.07. The molecule has 2 rings (SSSR count). The van der Waals surface area contributed by atoms with Gasteiger partial charge in [-0.05, 0) is 44.1 Å². The maximum absolute atomic E-state index is 4.66. The number of nitrogens with one attached hydrogen (secondary N) is 2. The molecule has 0 bridgehead atoms. The van der Waals surface area contributed by atoms with Gasteiger partial charge in [-0.25, -0.2) is 4.99 Å². The third-order valence-corrected chi connectivity index (χ3v) is 4.57. The van der Waals surface area contributed by atoms with Crippen molar-refractivity contribution in [2.24, 2.45) is 4.99 Å². The van der Waals surface area contributed by atoms with E-state index in [1.54, 1.807) is 0 Å². The minimum absolute atomic E-state index is 0. The van der Waals surface area contributed by atoms with Gasteiger partial charge in [-0.3, -0.25) is 4.98 Å². The van der Waals surface area contributed by atoms with Gasteiger partial charge in [0.1, 0.15) is 0 Å². The van der Waals surface area contributed by atoms with Crippen molar-refractivity contribution in [2.45, 2.75) is 39.3 Å². The zero-order chi connectivity index (χ0) is 14.2. The first-order valence-electron chi connectivity index (χ1n) is 7.32. The Morgan fingerprint density at radius 2 is 2.38 bits per heavy atom. The number of thioether (sulfide) groups is 1.